The second kappa shape index (κ2) is 8.65. The Morgan fingerprint density at radius 3 is 2.52 bits per heavy atom. The number of carbonyl (C=O) groups excluding carboxylic acids is 3. The van der Waals surface area contributed by atoms with Crippen LogP contribution in [0, 0.1) is 12.8 Å². The summed E-state index contributed by atoms with van der Waals surface area (Å²) in [6.45, 7) is 7.24. The Morgan fingerprint density at radius 1 is 1.24 bits per heavy atom. The van der Waals surface area contributed by atoms with Crippen LogP contribution in [0.3, 0.4) is 0 Å². The molecule has 0 aromatic heterocycles. The van der Waals surface area contributed by atoms with Gasteiger partial charge in [-0.05, 0) is 45.7 Å². The summed E-state index contributed by atoms with van der Waals surface area (Å²) in [6, 6.07) is 6.68. The van der Waals surface area contributed by atoms with Crippen molar-refractivity contribution in [2.24, 2.45) is 5.92 Å². The summed E-state index contributed by atoms with van der Waals surface area (Å²) < 4.78 is 0. The van der Waals surface area contributed by atoms with Crippen LogP contribution in [0.5, 0.6) is 0 Å². The Labute approximate surface area is 149 Å². The summed E-state index contributed by atoms with van der Waals surface area (Å²) in [6.07, 6.45) is 1.33. The summed E-state index contributed by atoms with van der Waals surface area (Å²) in [5.74, 6) is -0.311. The molecule has 2 rings (SSSR count). The first kappa shape index (κ1) is 19.0. The minimum atomic E-state index is -0.589. The monoisotopic (exact) mass is 345 g/mol. The van der Waals surface area contributed by atoms with Crippen LogP contribution in [0.15, 0.2) is 24.3 Å². The maximum Gasteiger partial charge on any atom is 0.251 e. The van der Waals surface area contributed by atoms with Crippen molar-refractivity contribution in [3.8, 4) is 0 Å². The Morgan fingerprint density at radius 2 is 1.92 bits per heavy atom. The molecule has 1 aliphatic heterocycles. The van der Waals surface area contributed by atoms with Gasteiger partial charge < -0.3 is 15.5 Å². The second-order valence-corrected chi connectivity index (χ2v) is 6.56. The molecule has 0 spiro atoms. The molecule has 1 unspecified atom stereocenters. The number of benzene rings is 1. The summed E-state index contributed by atoms with van der Waals surface area (Å²) in [4.78, 5) is 38.4. The fourth-order valence-electron chi connectivity index (χ4n) is 3.08. The highest BCUT2D eigenvalue weighted by Gasteiger charge is 2.29. The van der Waals surface area contributed by atoms with Crippen molar-refractivity contribution in [1.82, 2.24) is 15.5 Å². The smallest absolute Gasteiger partial charge is 0.251 e. The first-order valence-corrected chi connectivity index (χ1v) is 8.86. The van der Waals surface area contributed by atoms with Gasteiger partial charge in [0, 0.05) is 31.1 Å². The Bertz CT molecular complexity index is 637. The molecule has 3 amide bonds. The average molecular weight is 345 g/mol. The zero-order chi connectivity index (χ0) is 18.4. The third-order valence-corrected chi connectivity index (χ3v) is 4.53. The van der Waals surface area contributed by atoms with Gasteiger partial charge in [-0.25, -0.2) is 0 Å². The average Bonchev–Trinajstić information content (AvgIpc) is 2.61. The molecule has 6 heteroatoms. The van der Waals surface area contributed by atoms with E-state index in [1.54, 1.807) is 24.0 Å². The third-order valence-electron chi connectivity index (χ3n) is 4.53. The van der Waals surface area contributed by atoms with E-state index < -0.39 is 6.04 Å². The summed E-state index contributed by atoms with van der Waals surface area (Å²) in [5.41, 5.74) is 1.55. The number of hydrogen-bond acceptors (Lipinski definition) is 3. The van der Waals surface area contributed by atoms with Crippen LogP contribution < -0.4 is 10.6 Å². The van der Waals surface area contributed by atoms with Gasteiger partial charge in [0.05, 0.1) is 0 Å². The summed E-state index contributed by atoms with van der Waals surface area (Å²) in [7, 11) is 0. The predicted molar refractivity (Wildman–Crippen MR) is 96.1 cm³/mol. The SMILES string of the molecule is CCNC(=O)C1CCN(C(=O)C(C)NC(=O)c2cccc(C)c2)CC1. The minimum absolute atomic E-state index is 0.0267. The maximum absolute atomic E-state index is 12.5. The number of likely N-dealkylation sites (tertiary alicyclic amines) is 1. The number of nitrogens with one attached hydrogen (secondary N) is 2. The van der Waals surface area contributed by atoms with Gasteiger partial charge >= 0.3 is 0 Å². The van der Waals surface area contributed by atoms with E-state index in [2.05, 4.69) is 10.6 Å². The Balaban J connectivity index is 1.86. The highest BCUT2D eigenvalue weighted by Crippen LogP contribution is 2.18. The minimum Gasteiger partial charge on any atom is -0.356 e. The lowest BCUT2D eigenvalue weighted by Crippen LogP contribution is -2.50. The van der Waals surface area contributed by atoms with Gasteiger partial charge in [0.1, 0.15) is 6.04 Å². The maximum atomic E-state index is 12.5. The number of carbonyl (C=O) groups is 3. The van der Waals surface area contributed by atoms with E-state index in [9.17, 15) is 14.4 Å². The largest absolute Gasteiger partial charge is 0.356 e. The topological polar surface area (TPSA) is 78.5 Å². The molecule has 1 aliphatic rings. The molecule has 6 nitrogen and oxygen atoms in total. The van der Waals surface area contributed by atoms with Crippen molar-refractivity contribution in [3.05, 3.63) is 35.4 Å². The first-order chi connectivity index (χ1) is 11.9. The molecule has 1 saturated heterocycles. The molecule has 0 aliphatic carbocycles. The van der Waals surface area contributed by atoms with Gasteiger partial charge in [0.15, 0.2) is 0 Å². The van der Waals surface area contributed by atoms with Crippen LogP contribution in [-0.2, 0) is 9.59 Å². The van der Waals surface area contributed by atoms with E-state index in [-0.39, 0.29) is 23.6 Å². The van der Waals surface area contributed by atoms with Crippen molar-refractivity contribution < 1.29 is 14.4 Å². The van der Waals surface area contributed by atoms with Crippen molar-refractivity contribution >= 4 is 17.7 Å². The first-order valence-electron chi connectivity index (χ1n) is 8.86. The number of hydrogen-bond donors (Lipinski definition) is 2. The molecule has 1 heterocycles. The molecule has 1 aromatic rings. The van der Waals surface area contributed by atoms with Crippen molar-refractivity contribution in [2.45, 2.75) is 39.7 Å². The van der Waals surface area contributed by atoms with Gasteiger partial charge in [0.25, 0.3) is 5.91 Å². The molecule has 2 N–H and O–H groups in total. The van der Waals surface area contributed by atoms with E-state index >= 15 is 0 Å². The molecular formula is C19H27N3O3. The standard InChI is InChI=1S/C19H27N3O3/c1-4-20-17(23)15-8-10-22(11-9-15)19(25)14(3)21-18(24)16-7-5-6-13(2)12-16/h5-7,12,14-15H,4,8-11H2,1-3H3,(H,20,23)(H,21,24). The van der Waals surface area contributed by atoms with Crippen molar-refractivity contribution in [3.63, 3.8) is 0 Å². The molecule has 1 atom stereocenters. The molecule has 1 aromatic carbocycles. The molecule has 136 valence electrons. The Kier molecular flexibility index (Phi) is 6.56. The van der Waals surface area contributed by atoms with E-state index in [4.69, 9.17) is 0 Å². The van der Waals surface area contributed by atoms with Crippen LogP contribution in [0.2, 0.25) is 0 Å². The molecular weight excluding hydrogens is 318 g/mol. The van der Waals surface area contributed by atoms with Gasteiger partial charge in [-0.2, -0.15) is 0 Å². The number of nitrogens with zero attached hydrogens (tertiary/aromatic N) is 1. The lowest BCUT2D eigenvalue weighted by molar-refractivity contribution is -0.136. The van der Waals surface area contributed by atoms with Crippen LogP contribution in [0.25, 0.3) is 0 Å². The number of rotatable bonds is 5. The van der Waals surface area contributed by atoms with Gasteiger partial charge in [-0.3, -0.25) is 14.4 Å². The molecule has 0 bridgehead atoms. The molecule has 25 heavy (non-hydrogen) atoms. The molecule has 0 saturated carbocycles. The van der Waals surface area contributed by atoms with Crippen LogP contribution in [0.1, 0.15) is 42.6 Å². The molecule has 0 radical (unpaired) electrons. The highest BCUT2D eigenvalue weighted by molar-refractivity contribution is 5.97. The van der Waals surface area contributed by atoms with Crippen molar-refractivity contribution in [2.75, 3.05) is 19.6 Å². The zero-order valence-corrected chi connectivity index (χ0v) is 15.2. The number of amides is 3. The third kappa shape index (κ3) is 5.05. The quantitative estimate of drug-likeness (QED) is 0.849. The summed E-state index contributed by atoms with van der Waals surface area (Å²) >= 11 is 0. The molecule has 1 fully saturated rings. The van der Waals surface area contributed by atoms with Crippen LogP contribution in [0.4, 0.5) is 0 Å². The number of piperidine rings is 1. The Hall–Kier alpha value is -2.37. The highest BCUT2D eigenvalue weighted by atomic mass is 16.2. The lowest BCUT2D eigenvalue weighted by Gasteiger charge is -2.33. The lowest BCUT2D eigenvalue weighted by atomic mass is 9.95. The predicted octanol–water partition coefficient (Wildman–Crippen LogP) is 1.49. The van der Waals surface area contributed by atoms with E-state index in [1.165, 1.54) is 0 Å². The zero-order valence-electron chi connectivity index (χ0n) is 15.2. The second-order valence-electron chi connectivity index (χ2n) is 6.56. The van der Waals surface area contributed by atoms with E-state index in [0.717, 1.165) is 5.56 Å². The van der Waals surface area contributed by atoms with Crippen LogP contribution in [-0.4, -0.2) is 48.3 Å². The summed E-state index contributed by atoms with van der Waals surface area (Å²) in [5, 5.41) is 5.60. The van der Waals surface area contributed by atoms with Gasteiger partial charge in [0.2, 0.25) is 11.8 Å². The fraction of sp³-hybridized carbons (Fsp3) is 0.526. The number of aryl methyl sites for hydroxylation is 1. The fourth-order valence-corrected chi connectivity index (χ4v) is 3.08. The van der Waals surface area contributed by atoms with E-state index in [1.807, 2.05) is 26.0 Å². The van der Waals surface area contributed by atoms with Gasteiger partial charge in [-0.15, -0.1) is 0 Å². The van der Waals surface area contributed by atoms with Gasteiger partial charge in [-0.1, -0.05) is 17.7 Å². The van der Waals surface area contributed by atoms with E-state index in [0.29, 0.717) is 38.0 Å². The normalized spacial score (nSPS) is 16.2. The van der Waals surface area contributed by atoms with Crippen molar-refractivity contribution in [1.29, 1.82) is 0 Å². The van der Waals surface area contributed by atoms with Crippen LogP contribution >= 0.6 is 0 Å².